The number of carbonyl (C=O) groups excluding carboxylic acids is 3. The van der Waals surface area contributed by atoms with Crippen LogP contribution in [0.25, 0.3) is 0 Å². The third-order valence-corrected chi connectivity index (χ3v) is 6.95. The van der Waals surface area contributed by atoms with Crippen molar-refractivity contribution in [1.82, 2.24) is 20.4 Å². The fraction of sp³-hybridized carbons (Fsp3) is 0.483. The largest absolute Gasteiger partial charge is 0.390 e. The number of benzene rings is 2. The van der Waals surface area contributed by atoms with E-state index >= 15 is 0 Å². The number of piperazine rings is 1. The molecule has 3 amide bonds. The zero-order valence-corrected chi connectivity index (χ0v) is 22.8. The summed E-state index contributed by atoms with van der Waals surface area (Å²) in [5, 5.41) is 16.9. The Morgan fingerprint density at radius 1 is 1.05 bits per heavy atom. The number of rotatable bonds is 13. The summed E-state index contributed by atoms with van der Waals surface area (Å²) in [5.41, 5.74) is 2.49. The molecule has 1 saturated heterocycles. The molecule has 3 rings (SSSR count). The first-order valence-corrected chi connectivity index (χ1v) is 13.4. The van der Waals surface area contributed by atoms with Gasteiger partial charge in [-0.1, -0.05) is 38.1 Å². The topological polar surface area (TPSA) is 102 Å². The lowest BCUT2D eigenvalue weighted by atomic mass is 10.00. The van der Waals surface area contributed by atoms with Gasteiger partial charge in [-0.15, -0.1) is 0 Å². The highest BCUT2D eigenvalue weighted by Gasteiger charge is 2.38. The van der Waals surface area contributed by atoms with Crippen molar-refractivity contribution in [3.63, 3.8) is 0 Å². The summed E-state index contributed by atoms with van der Waals surface area (Å²) < 4.78 is 27.7. The van der Waals surface area contributed by atoms with Crippen LogP contribution in [0.5, 0.6) is 0 Å². The van der Waals surface area contributed by atoms with Gasteiger partial charge in [0.15, 0.2) is 0 Å². The van der Waals surface area contributed by atoms with E-state index in [1.165, 1.54) is 15.4 Å². The fourth-order valence-electron chi connectivity index (χ4n) is 4.93. The zero-order chi connectivity index (χ0) is 28.5. The first-order valence-electron chi connectivity index (χ1n) is 13.4. The van der Waals surface area contributed by atoms with E-state index in [1.807, 2.05) is 18.2 Å². The van der Waals surface area contributed by atoms with Crippen LogP contribution in [0.2, 0.25) is 0 Å². The number of hydrogen-bond donors (Lipinski definition) is 3. The predicted octanol–water partition coefficient (Wildman–Crippen LogP) is 2.17. The SMILES string of the molecule is CCc1cccc(CNCC(O)C(Cc2cc(F)cc(F)c2)NC(=O)CN2CC(=O)N(CC)C(CC)C2=O)c1. The Hall–Kier alpha value is -3.37. The van der Waals surface area contributed by atoms with Crippen LogP contribution in [0.4, 0.5) is 8.78 Å². The molecule has 1 fully saturated rings. The zero-order valence-electron chi connectivity index (χ0n) is 22.8. The molecule has 1 aliphatic rings. The molecule has 1 aliphatic heterocycles. The number of halogens is 2. The average Bonchev–Trinajstić information content (AvgIpc) is 2.89. The highest BCUT2D eigenvalue weighted by molar-refractivity contribution is 5.97. The van der Waals surface area contributed by atoms with Crippen LogP contribution in [-0.2, 0) is 33.8 Å². The molecular weight excluding hydrogens is 506 g/mol. The standard InChI is InChI=1S/C29H38F2N4O4/c1-4-19-8-7-9-20(10-19)15-32-16-26(36)24(13-21-11-22(30)14-23(31)12-21)33-27(37)17-34-18-28(38)35(6-3)25(5-2)29(34)39/h7-12,14,24-26,32,36H,4-6,13,15-18H2,1-3H3,(H,33,37). The van der Waals surface area contributed by atoms with Crippen LogP contribution >= 0.6 is 0 Å². The lowest BCUT2D eigenvalue weighted by Gasteiger charge is -2.39. The number of aryl methyl sites for hydroxylation is 1. The Balaban J connectivity index is 1.69. The fourth-order valence-corrected chi connectivity index (χ4v) is 4.93. The Labute approximate surface area is 228 Å². The second kappa shape index (κ2) is 14.1. The number of nitrogens with one attached hydrogen (secondary N) is 2. The maximum Gasteiger partial charge on any atom is 0.246 e. The van der Waals surface area contributed by atoms with Gasteiger partial charge >= 0.3 is 0 Å². The van der Waals surface area contributed by atoms with Crippen molar-refractivity contribution >= 4 is 17.7 Å². The normalized spacial score (nSPS) is 17.3. The van der Waals surface area contributed by atoms with Gasteiger partial charge in [0, 0.05) is 25.7 Å². The van der Waals surface area contributed by atoms with Gasteiger partial charge in [-0.3, -0.25) is 14.4 Å². The number of nitrogens with zero attached hydrogens (tertiary/aromatic N) is 2. The number of likely N-dealkylation sites (N-methyl/N-ethyl adjacent to an activating group) is 1. The van der Waals surface area contributed by atoms with Gasteiger partial charge < -0.3 is 25.5 Å². The van der Waals surface area contributed by atoms with Crippen molar-refractivity contribution in [3.8, 4) is 0 Å². The van der Waals surface area contributed by atoms with Gasteiger partial charge in [-0.25, -0.2) is 8.78 Å². The number of hydrogen-bond acceptors (Lipinski definition) is 5. The maximum absolute atomic E-state index is 13.8. The third-order valence-electron chi connectivity index (χ3n) is 6.95. The van der Waals surface area contributed by atoms with E-state index in [9.17, 15) is 28.3 Å². The third kappa shape index (κ3) is 8.31. The maximum atomic E-state index is 13.8. The molecule has 0 aromatic heterocycles. The molecule has 0 bridgehead atoms. The highest BCUT2D eigenvalue weighted by atomic mass is 19.1. The molecule has 0 aliphatic carbocycles. The minimum absolute atomic E-state index is 0.0390. The number of carbonyl (C=O) groups is 3. The van der Waals surface area contributed by atoms with Gasteiger partial charge in [-0.05, 0) is 55.0 Å². The number of aliphatic hydroxyl groups is 1. The first-order chi connectivity index (χ1) is 18.6. The van der Waals surface area contributed by atoms with Crippen LogP contribution in [0.15, 0.2) is 42.5 Å². The molecule has 2 aromatic carbocycles. The Morgan fingerprint density at radius 2 is 1.74 bits per heavy atom. The second-order valence-corrected chi connectivity index (χ2v) is 9.83. The molecule has 0 radical (unpaired) electrons. The van der Waals surface area contributed by atoms with Crippen molar-refractivity contribution in [2.24, 2.45) is 0 Å². The van der Waals surface area contributed by atoms with Crippen molar-refractivity contribution < 1.29 is 28.3 Å². The lowest BCUT2D eigenvalue weighted by molar-refractivity contribution is -0.157. The van der Waals surface area contributed by atoms with Crippen molar-refractivity contribution in [2.75, 3.05) is 26.2 Å². The molecular formula is C29H38F2N4O4. The highest BCUT2D eigenvalue weighted by Crippen LogP contribution is 2.16. The first kappa shape index (κ1) is 30.2. The van der Waals surface area contributed by atoms with Crippen LogP contribution in [-0.4, -0.2) is 77.0 Å². The van der Waals surface area contributed by atoms with E-state index in [4.69, 9.17) is 0 Å². The molecule has 3 unspecified atom stereocenters. The van der Waals surface area contributed by atoms with Gasteiger partial charge in [-0.2, -0.15) is 0 Å². The summed E-state index contributed by atoms with van der Waals surface area (Å²) in [5.74, 6) is -2.65. The predicted molar refractivity (Wildman–Crippen MR) is 144 cm³/mol. The molecule has 3 atom stereocenters. The minimum atomic E-state index is -1.10. The van der Waals surface area contributed by atoms with E-state index in [0.29, 0.717) is 19.5 Å². The van der Waals surface area contributed by atoms with Crippen LogP contribution in [0.1, 0.15) is 43.9 Å². The molecule has 10 heteroatoms. The Bertz CT molecular complexity index is 1140. The quantitative estimate of drug-likeness (QED) is 0.359. The molecule has 8 nitrogen and oxygen atoms in total. The van der Waals surface area contributed by atoms with Crippen molar-refractivity contribution in [3.05, 3.63) is 70.8 Å². The van der Waals surface area contributed by atoms with Gasteiger partial charge in [0.1, 0.15) is 30.8 Å². The van der Waals surface area contributed by atoms with Crippen LogP contribution < -0.4 is 10.6 Å². The molecule has 39 heavy (non-hydrogen) atoms. The Kier molecular flexibility index (Phi) is 10.9. The summed E-state index contributed by atoms with van der Waals surface area (Å²) in [4.78, 5) is 41.2. The van der Waals surface area contributed by atoms with Crippen molar-refractivity contribution in [1.29, 1.82) is 0 Å². The van der Waals surface area contributed by atoms with E-state index < -0.39 is 35.7 Å². The Morgan fingerprint density at radius 3 is 2.38 bits per heavy atom. The average molecular weight is 545 g/mol. The van der Waals surface area contributed by atoms with Crippen molar-refractivity contribution in [2.45, 2.75) is 64.8 Å². The summed E-state index contributed by atoms with van der Waals surface area (Å²) in [7, 11) is 0. The molecule has 3 N–H and O–H groups in total. The van der Waals surface area contributed by atoms with E-state index in [0.717, 1.165) is 30.2 Å². The summed E-state index contributed by atoms with van der Waals surface area (Å²) in [6, 6.07) is 9.54. The number of aliphatic hydroxyl groups excluding tert-OH is 1. The molecule has 2 aromatic rings. The van der Waals surface area contributed by atoms with E-state index in [1.54, 1.807) is 13.8 Å². The second-order valence-electron chi connectivity index (χ2n) is 9.83. The van der Waals surface area contributed by atoms with Gasteiger partial charge in [0.2, 0.25) is 17.7 Å². The van der Waals surface area contributed by atoms with E-state index in [-0.39, 0.29) is 43.4 Å². The summed E-state index contributed by atoms with van der Waals surface area (Å²) >= 11 is 0. The summed E-state index contributed by atoms with van der Waals surface area (Å²) in [6.07, 6.45) is 0.181. The van der Waals surface area contributed by atoms with Gasteiger partial charge in [0.25, 0.3) is 0 Å². The smallest absolute Gasteiger partial charge is 0.246 e. The molecule has 0 saturated carbocycles. The lowest BCUT2D eigenvalue weighted by Crippen LogP contribution is -2.61. The molecule has 1 heterocycles. The van der Waals surface area contributed by atoms with Crippen LogP contribution in [0, 0.1) is 11.6 Å². The monoisotopic (exact) mass is 544 g/mol. The van der Waals surface area contributed by atoms with Gasteiger partial charge in [0.05, 0.1) is 12.1 Å². The molecule has 212 valence electrons. The van der Waals surface area contributed by atoms with Crippen LogP contribution in [0.3, 0.4) is 0 Å². The minimum Gasteiger partial charge on any atom is -0.390 e. The number of amides is 3. The van der Waals surface area contributed by atoms with E-state index in [2.05, 4.69) is 23.6 Å². The summed E-state index contributed by atoms with van der Waals surface area (Å²) in [6.45, 7) is 6.07. The molecule has 0 spiro atoms.